The van der Waals surface area contributed by atoms with E-state index < -0.39 is 49.4 Å². The van der Waals surface area contributed by atoms with Crippen molar-refractivity contribution in [3.8, 4) is 0 Å². The lowest BCUT2D eigenvalue weighted by Gasteiger charge is -2.39. The molecule has 0 aromatic carbocycles. The third-order valence-electron chi connectivity index (χ3n) is 13.2. The molecule has 6 atom stereocenters. The molecule has 1 saturated heterocycles. The number of rotatable bonds is 48. The Morgan fingerprint density at radius 2 is 0.734 bits per heavy atom. The molecule has 2 unspecified atom stereocenters. The average molecular weight is 913 g/mol. The Morgan fingerprint density at radius 1 is 0.422 bits per heavy atom. The SMILES string of the molecule is CCCCCCCCCCCCCCCCCCCCCCCCC(=O)OC[C@@H](CO[C@H]1O[C@@H](CO)[C@@H](O)C(O)C1O)OC(=O)CCCCCCCCCCCCCCCCCCC. The van der Waals surface area contributed by atoms with Gasteiger partial charge in [-0.25, -0.2) is 0 Å². The maximum atomic E-state index is 12.8. The number of unbranched alkanes of at least 4 members (excludes halogenated alkanes) is 37. The summed E-state index contributed by atoms with van der Waals surface area (Å²) in [5.41, 5.74) is 0. The number of aliphatic hydroxyl groups is 4. The number of carbonyl (C=O) groups is 2. The molecule has 0 aromatic rings. The number of carbonyl (C=O) groups excluding carboxylic acids is 2. The second-order valence-electron chi connectivity index (χ2n) is 19.4. The van der Waals surface area contributed by atoms with E-state index in [0.29, 0.717) is 6.42 Å². The van der Waals surface area contributed by atoms with Crippen molar-refractivity contribution in [2.75, 3.05) is 19.8 Å². The second kappa shape index (κ2) is 45.5. The highest BCUT2D eigenvalue weighted by molar-refractivity contribution is 5.70. The van der Waals surface area contributed by atoms with Crippen LogP contribution in [0.25, 0.3) is 0 Å². The van der Waals surface area contributed by atoms with E-state index in [0.717, 1.165) is 38.5 Å². The van der Waals surface area contributed by atoms with Gasteiger partial charge in [0.25, 0.3) is 0 Å². The van der Waals surface area contributed by atoms with Crippen LogP contribution in [0, 0.1) is 0 Å². The summed E-state index contributed by atoms with van der Waals surface area (Å²) in [7, 11) is 0. The zero-order valence-electron chi connectivity index (χ0n) is 41.8. The number of esters is 2. The molecule has 1 aliphatic rings. The standard InChI is InChI=1S/C54H104O10/c1-3-5-7-9-11-13-15-17-19-21-22-23-24-25-27-28-30-32-34-36-38-40-42-49(56)61-45-47(46-62-54-53(60)52(59)51(58)48(44-55)64-54)63-50(57)43-41-39-37-35-33-31-29-26-20-18-16-14-12-10-8-6-4-2/h47-48,51-55,58-60H,3-46H2,1-2H3/t47-,48-,51+,52?,53?,54-/m0/s1. The van der Waals surface area contributed by atoms with Gasteiger partial charge in [0.05, 0.1) is 13.2 Å². The molecule has 0 bridgehead atoms. The summed E-state index contributed by atoms with van der Waals surface area (Å²) < 4.78 is 22.3. The van der Waals surface area contributed by atoms with Crippen molar-refractivity contribution in [3.05, 3.63) is 0 Å². The fraction of sp³-hybridized carbons (Fsp3) is 0.963. The smallest absolute Gasteiger partial charge is 0.306 e. The van der Waals surface area contributed by atoms with Gasteiger partial charge >= 0.3 is 11.9 Å². The quantitative estimate of drug-likeness (QED) is 0.0343. The van der Waals surface area contributed by atoms with Crippen molar-refractivity contribution >= 4 is 11.9 Å². The van der Waals surface area contributed by atoms with E-state index in [2.05, 4.69) is 13.8 Å². The largest absolute Gasteiger partial charge is 0.462 e. The van der Waals surface area contributed by atoms with E-state index in [4.69, 9.17) is 18.9 Å². The predicted octanol–water partition coefficient (Wildman–Crippen LogP) is 13.3. The van der Waals surface area contributed by atoms with Crippen LogP contribution in [0.2, 0.25) is 0 Å². The molecule has 10 heteroatoms. The number of aliphatic hydroxyl groups excluding tert-OH is 4. The molecule has 0 amide bonds. The third kappa shape index (κ3) is 35.8. The van der Waals surface area contributed by atoms with Gasteiger partial charge in [0.15, 0.2) is 12.4 Å². The Labute approximate surface area is 393 Å². The molecule has 0 radical (unpaired) electrons. The number of hydrogen-bond donors (Lipinski definition) is 4. The van der Waals surface area contributed by atoms with Crippen LogP contribution < -0.4 is 0 Å². The maximum absolute atomic E-state index is 12.8. The maximum Gasteiger partial charge on any atom is 0.306 e. The average Bonchev–Trinajstić information content (AvgIpc) is 3.29. The molecule has 64 heavy (non-hydrogen) atoms. The lowest BCUT2D eigenvalue weighted by atomic mass is 9.99. The predicted molar refractivity (Wildman–Crippen MR) is 261 cm³/mol. The fourth-order valence-electron chi connectivity index (χ4n) is 8.90. The first-order valence-corrected chi connectivity index (χ1v) is 27.6. The molecule has 380 valence electrons. The molecular weight excluding hydrogens is 809 g/mol. The van der Waals surface area contributed by atoms with Crippen molar-refractivity contribution in [3.63, 3.8) is 0 Å². The van der Waals surface area contributed by atoms with Crippen molar-refractivity contribution in [1.82, 2.24) is 0 Å². The van der Waals surface area contributed by atoms with Crippen LogP contribution in [0.5, 0.6) is 0 Å². The third-order valence-corrected chi connectivity index (χ3v) is 13.2. The Hall–Kier alpha value is -1.30. The molecule has 1 heterocycles. The second-order valence-corrected chi connectivity index (χ2v) is 19.4. The van der Waals surface area contributed by atoms with Gasteiger partial charge in [0.1, 0.15) is 31.0 Å². The molecule has 1 aliphatic heterocycles. The molecule has 1 rings (SSSR count). The van der Waals surface area contributed by atoms with E-state index in [1.54, 1.807) is 0 Å². The lowest BCUT2D eigenvalue weighted by Crippen LogP contribution is -2.59. The summed E-state index contributed by atoms with van der Waals surface area (Å²) in [5.74, 6) is -0.783. The first-order chi connectivity index (χ1) is 31.3. The van der Waals surface area contributed by atoms with E-state index in [9.17, 15) is 30.0 Å². The van der Waals surface area contributed by atoms with Crippen LogP contribution in [0.1, 0.15) is 277 Å². The molecular formula is C54H104O10. The Bertz CT molecular complexity index is 1010. The Balaban J connectivity index is 2.19. The normalized spacial score (nSPS) is 19.2. The highest BCUT2D eigenvalue weighted by Crippen LogP contribution is 2.23. The van der Waals surface area contributed by atoms with Crippen LogP contribution >= 0.6 is 0 Å². The Morgan fingerprint density at radius 3 is 1.06 bits per heavy atom. The van der Waals surface area contributed by atoms with Crippen LogP contribution in [0.4, 0.5) is 0 Å². The highest BCUT2D eigenvalue weighted by atomic mass is 16.7. The molecule has 0 saturated carbocycles. The van der Waals surface area contributed by atoms with Gasteiger partial charge in [-0.15, -0.1) is 0 Å². The minimum Gasteiger partial charge on any atom is -0.462 e. The van der Waals surface area contributed by atoms with Gasteiger partial charge in [-0.3, -0.25) is 9.59 Å². The highest BCUT2D eigenvalue weighted by Gasteiger charge is 2.44. The molecule has 1 fully saturated rings. The molecule has 10 nitrogen and oxygen atoms in total. The summed E-state index contributed by atoms with van der Waals surface area (Å²) in [6, 6.07) is 0. The molecule has 0 spiro atoms. The van der Waals surface area contributed by atoms with Crippen LogP contribution in [-0.2, 0) is 28.5 Å². The first-order valence-electron chi connectivity index (χ1n) is 27.6. The summed E-state index contributed by atoms with van der Waals surface area (Å²) in [6.07, 6.45) is 42.6. The van der Waals surface area contributed by atoms with E-state index in [-0.39, 0.29) is 32.0 Å². The van der Waals surface area contributed by atoms with Gasteiger partial charge < -0.3 is 39.4 Å². The minimum atomic E-state index is -1.59. The Kier molecular flexibility index (Phi) is 43.1. The fourth-order valence-corrected chi connectivity index (χ4v) is 8.90. The van der Waals surface area contributed by atoms with Gasteiger partial charge in [0.2, 0.25) is 0 Å². The van der Waals surface area contributed by atoms with Gasteiger partial charge in [-0.1, -0.05) is 251 Å². The first kappa shape index (κ1) is 60.7. The van der Waals surface area contributed by atoms with E-state index >= 15 is 0 Å². The van der Waals surface area contributed by atoms with Crippen molar-refractivity contribution in [1.29, 1.82) is 0 Å². The number of ether oxygens (including phenoxy) is 4. The van der Waals surface area contributed by atoms with Gasteiger partial charge in [-0.05, 0) is 12.8 Å². The molecule has 0 aliphatic carbocycles. The molecule has 0 aromatic heterocycles. The van der Waals surface area contributed by atoms with Crippen molar-refractivity contribution < 1.29 is 49.0 Å². The van der Waals surface area contributed by atoms with E-state index in [1.807, 2.05) is 0 Å². The molecule has 4 N–H and O–H groups in total. The minimum absolute atomic E-state index is 0.208. The van der Waals surface area contributed by atoms with Crippen LogP contribution in [0.3, 0.4) is 0 Å². The number of hydrogen-bond acceptors (Lipinski definition) is 10. The lowest BCUT2D eigenvalue weighted by molar-refractivity contribution is -0.305. The van der Waals surface area contributed by atoms with Crippen molar-refractivity contribution in [2.24, 2.45) is 0 Å². The van der Waals surface area contributed by atoms with Crippen LogP contribution in [0.15, 0.2) is 0 Å². The zero-order valence-corrected chi connectivity index (χ0v) is 41.8. The van der Waals surface area contributed by atoms with E-state index in [1.165, 1.54) is 205 Å². The van der Waals surface area contributed by atoms with Gasteiger partial charge in [0, 0.05) is 12.8 Å². The summed E-state index contributed by atoms with van der Waals surface area (Å²) >= 11 is 0. The topological polar surface area (TPSA) is 152 Å². The van der Waals surface area contributed by atoms with Crippen LogP contribution in [-0.4, -0.2) is 89.0 Å². The summed E-state index contributed by atoms with van der Waals surface area (Å²) in [4.78, 5) is 25.5. The van der Waals surface area contributed by atoms with Crippen molar-refractivity contribution in [2.45, 2.75) is 314 Å². The summed E-state index contributed by atoms with van der Waals surface area (Å²) in [6.45, 7) is 3.49. The summed E-state index contributed by atoms with van der Waals surface area (Å²) in [5, 5.41) is 40.2. The zero-order chi connectivity index (χ0) is 46.6. The monoisotopic (exact) mass is 913 g/mol. The van der Waals surface area contributed by atoms with Gasteiger partial charge in [-0.2, -0.15) is 0 Å².